The van der Waals surface area contributed by atoms with Crippen LogP contribution in [0.15, 0.2) is 18.2 Å². The maximum absolute atomic E-state index is 12.3. The summed E-state index contributed by atoms with van der Waals surface area (Å²) in [4.78, 5) is 13.8. The standard InChI is InChI=1S/C13H20N2O2/c1-9-6-5-7-10(11(9)14)12(17)15(4)13(2,3)8-16/h5-7,16H,8,14H2,1-4H3. The summed E-state index contributed by atoms with van der Waals surface area (Å²) in [6.07, 6.45) is 0. The zero-order valence-electron chi connectivity index (χ0n) is 10.8. The minimum Gasteiger partial charge on any atom is -0.398 e. The number of hydrogen-bond acceptors (Lipinski definition) is 3. The third-order valence-electron chi connectivity index (χ3n) is 3.15. The number of hydrogen-bond donors (Lipinski definition) is 2. The zero-order valence-corrected chi connectivity index (χ0v) is 10.8. The lowest BCUT2D eigenvalue weighted by Gasteiger charge is -2.34. The van der Waals surface area contributed by atoms with Crippen LogP contribution >= 0.6 is 0 Å². The molecule has 0 atom stereocenters. The fourth-order valence-electron chi connectivity index (χ4n) is 1.43. The SMILES string of the molecule is Cc1cccc(C(=O)N(C)C(C)(C)CO)c1N. The van der Waals surface area contributed by atoms with Crippen LogP contribution in [0.5, 0.6) is 0 Å². The molecule has 1 aromatic carbocycles. The van der Waals surface area contributed by atoms with Gasteiger partial charge in [-0.1, -0.05) is 12.1 Å². The molecular weight excluding hydrogens is 216 g/mol. The first-order valence-electron chi connectivity index (χ1n) is 5.55. The molecule has 0 aliphatic carbocycles. The number of carbonyl (C=O) groups is 1. The molecule has 0 unspecified atom stereocenters. The van der Waals surface area contributed by atoms with E-state index >= 15 is 0 Å². The molecule has 4 heteroatoms. The molecule has 0 spiro atoms. The van der Waals surface area contributed by atoms with Crippen LogP contribution in [0.4, 0.5) is 5.69 Å². The van der Waals surface area contributed by atoms with E-state index in [1.165, 1.54) is 4.90 Å². The van der Waals surface area contributed by atoms with Gasteiger partial charge in [0, 0.05) is 12.7 Å². The van der Waals surface area contributed by atoms with Crippen molar-refractivity contribution in [1.82, 2.24) is 4.90 Å². The van der Waals surface area contributed by atoms with Crippen molar-refractivity contribution < 1.29 is 9.90 Å². The second-order valence-electron chi connectivity index (χ2n) is 4.87. The molecule has 1 aromatic rings. The highest BCUT2D eigenvalue weighted by molar-refractivity contribution is 6.00. The van der Waals surface area contributed by atoms with Crippen LogP contribution in [0.2, 0.25) is 0 Å². The second-order valence-corrected chi connectivity index (χ2v) is 4.87. The highest BCUT2D eigenvalue weighted by atomic mass is 16.3. The van der Waals surface area contributed by atoms with Gasteiger partial charge in [0.25, 0.3) is 5.91 Å². The fourth-order valence-corrected chi connectivity index (χ4v) is 1.43. The molecule has 1 rings (SSSR count). The summed E-state index contributed by atoms with van der Waals surface area (Å²) in [5.74, 6) is -0.176. The Kier molecular flexibility index (Phi) is 3.78. The summed E-state index contributed by atoms with van der Waals surface area (Å²) in [6, 6.07) is 5.37. The van der Waals surface area contributed by atoms with Gasteiger partial charge in [-0.2, -0.15) is 0 Å². The Labute approximate surface area is 102 Å². The highest BCUT2D eigenvalue weighted by Gasteiger charge is 2.28. The number of nitrogen functional groups attached to an aromatic ring is 1. The second kappa shape index (κ2) is 4.75. The van der Waals surface area contributed by atoms with Gasteiger partial charge in [-0.25, -0.2) is 0 Å². The summed E-state index contributed by atoms with van der Waals surface area (Å²) in [5.41, 5.74) is 7.15. The number of amides is 1. The molecular formula is C13H20N2O2. The van der Waals surface area contributed by atoms with Crippen molar-refractivity contribution in [3.63, 3.8) is 0 Å². The summed E-state index contributed by atoms with van der Waals surface area (Å²) in [5, 5.41) is 9.26. The van der Waals surface area contributed by atoms with E-state index in [4.69, 9.17) is 5.73 Å². The molecule has 0 fully saturated rings. The van der Waals surface area contributed by atoms with Crippen LogP contribution in [0.25, 0.3) is 0 Å². The molecule has 0 aliphatic heterocycles. The number of para-hydroxylation sites is 1. The average Bonchev–Trinajstić information content (AvgIpc) is 2.30. The van der Waals surface area contributed by atoms with Crippen molar-refractivity contribution in [1.29, 1.82) is 0 Å². The molecule has 94 valence electrons. The van der Waals surface area contributed by atoms with Crippen LogP contribution in [0, 0.1) is 6.92 Å². The Morgan fingerprint density at radius 2 is 2.06 bits per heavy atom. The lowest BCUT2D eigenvalue weighted by atomic mass is 10.0. The largest absolute Gasteiger partial charge is 0.398 e. The zero-order chi connectivity index (χ0) is 13.2. The molecule has 1 amide bonds. The van der Waals surface area contributed by atoms with E-state index < -0.39 is 5.54 Å². The lowest BCUT2D eigenvalue weighted by molar-refractivity contribution is 0.0474. The number of anilines is 1. The topological polar surface area (TPSA) is 66.6 Å². The highest BCUT2D eigenvalue weighted by Crippen LogP contribution is 2.21. The monoisotopic (exact) mass is 236 g/mol. The fraction of sp³-hybridized carbons (Fsp3) is 0.462. The number of benzene rings is 1. The molecule has 0 saturated carbocycles. The molecule has 0 radical (unpaired) electrons. The third-order valence-corrected chi connectivity index (χ3v) is 3.15. The number of carbonyl (C=O) groups excluding carboxylic acids is 1. The van der Waals surface area contributed by atoms with E-state index in [-0.39, 0.29) is 12.5 Å². The normalized spacial score (nSPS) is 11.4. The molecule has 0 aromatic heterocycles. The van der Waals surface area contributed by atoms with Gasteiger partial charge in [0.05, 0.1) is 17.7 Å². The molecule has 0 saturated heterocycles. The number of rotatable bonds is 3. The minimum absolute atomic E-state index is 0.0963. The van der Waals surface area contributed by atoms with Gasteiger partial charge in [-0.05, 0) is 32.4 Å². The van der Waals surface area contributed by atoms with Crippen LogP contribution in [-0.4, -0.2) is 35.1 Å². The van der Waals surface area contributed by atoms with E-state index in [2.05, 4.69) is 0 Å². The van der Waals surface area contributed by atoms with Crippen molar-refractivity contribution >= 4 is 11.6 Å². The Morgan fingerprint density at radius 3 is 2.59 bits per heavy atom. The third kappa shape index (κ3) is 2.58. The first-order chi connectivity index (χ1) is 7.81. The number of nitrogens with zero attached hydrogens (tertiary/aromatic N) is 1. The smallest absolute Gasteiger partial charge is 0.256 e. The van der Waals surface area contributed by atoms with Crippen molar-refractivity contribution in [2.24, 2.45) is 0 Å². The number of likely N-dealkylation sites (N-methyl/N-ethyl adjacent to an activating group) is 1. The summed E-state index contributed by atoms with van der Waals surface area (Å²) in [7, 11) is 1.67. The molecule has 4 nitrogen and oxygen atoms in total. The summed E-state index contributed by atoms with van der Waals surface area (Å²) >= 11 is 0. The Balaban J connectivity index is 3.09. The molecule has 0 bridgehead atoms. The van der Waals surface area contributed by atoms with Gasteiger partial charge in [-0.3, -0.25) is 4.79 Å². The maximum Gasteiger partial charge on any atom is 0.256 e. The van der Waals surface area contributed by atoms with E-state index in [1.54, 1.807) is 33.0 Å². The van der Waals surface area contributed by atoms with Gasteiger partial charge in [0.2, 0.25) is 0 Å². The number of nitrogens with two attached hydrogens (primary N) is 1. The quantitative estimate of drug-likeness (QED) is 0.780. The predicted molar refractivity (Wildman–Crippen MR) is 68.8 cm³/mol. The molecule has 17 heavy (non-hydrogen) atoms. The Bertz CT molecular complexity index is 427. The van der Waals surface area contributed by atoms with Gasteiger partial charge < -0.3 is 15.7 Å². The van der Waals surface area contributed by atoms with Crippen LogP contribution in [0.3, 0.4) is 0 Å². The Hall–Kier alpha value is -1.55. The van der Waals surface area contributed by atoms with Crippen LogP contribution in [0.1, 0.15) is 29.8 Å². The maximum atomic E-state index is 12.3. The number of aliphatic hydroxyl groups is 1. The van der Waals surface area contributed by atoms with E-state index in [1.807, 2.05) is 13.0 Å². The van der Waals surface area contributed by atoms with Crippen LogP contribution in [-0.2, 0) is 0 Å². The van der Waals surface area contributed by atoms with Gasteiger partial charge in [0.15, 0.2) is 0 Å². The van der Waals surface area contributed by atoms with Crippen molar-refractivity contribution in [2.75, 3.05) is 19.4 Å². The van der Waals surface area contributed by atoms with Crippen LogP contribution < -0.4 is 5.73 Å². The number of aliphatic hydroxyl groups excluding tert-OH is 1. The van der Waals surface area contributed by atoms with E-state index in [0.29, 0.717) is 11.3 Å². The first-order valence-corrected chi connectivity index (χ1v) is 5.55. The Morgan fingerprint density at radius 1 is 1.47 bits per heavy atom. The molecule has 3 N–H and O–H groups in total. The molecule has 0 heterocycles. The first kappa shape index (κ1) is 13.5. The van der Waals surface area contributed by atoms with Crippen molar-refractivity contribution in [3.8, 4) is 0 Å². The average molecular weight is 236 g/mol. The van der Waals surface area contributed by atoms with Crippen molar-refractivity contribution in [2.45, 2.75) is 26.3 Å². The van der Waals surface area contributed by atoms with Gasteiger partial charge >= 0.3 is 0 Å². The van der Waals surface area contributed by atoms with E-state index in [0.717, 1.165) is 5.56 Å². The summed E-state index contributed by atoms with van der Waals surface area (Å²) < 4.78 is 0. The van der Waals surface area contributed by atoms with Gasteiger partial charge in [0.1, 0.15) is 0 Å². The van der Waals surface area contributed by atoms with Crippen molar-refractivity contribution in [3.05, 3.63) is 29.3 Å². The van der Waals surface area contributed by atoms with E-state index in [9.17, 15) is 9.90 Å². The minimum atomic E-state index is -0.604. The van der Waals surface area contributed by atoms with Gasteiger partial charge in [-0.15, -0.1) is 0 Å². The lowest BCUT2D eigenvalue weighted by Crippen LogP contribution is -2.47. The molecule has 0 aliphatic rings. The number of aryl methyl sites for hydroxylation is 1. The summed E-state index contributed by atoms with van der Waals surface area (Å²) in [6.45, 7) is 5.37. The predicted octanol–water partition coefficient (Wildman–Crippen LogP) is 1.42.